The van der Waals surface area contributed by atoms with Crippen LogP contribution in [-0.4, -0.2) is 56.5 Å². The van der Waals surface area contributed by atoms with E-state index < -0.39 is 0 Å². The van der Waals surface area contributed by atoms with Gasteiger partial charge in [-0.25, -0.2) is 0 Å². The maximum Gasteiger partial charge on any atom is 0.104 e. The summed E-state index contributed by atoms with van der Waals surface area (Å²) >= 11 is 0. The molecule has 1 aliphatic rings. The minimum absolute atomic E-state index is 0.0100. The van der Waals surface area contributed by atoms with Crippen LogP contribution in [0, 0.1) is 0 Å². The van der Waals surface area contributed by atoms with Gasteiger partial charge in [0.1, 0.15) is 6.10 Å². The Labute approximate surface area is 139 Å². The molecular weight excluding hydrogens is 292 g/mol. The molecular formula is C18H30N2O3. The highest BCUT2D eigenvalue weighted by molar-refractivity contribution is 5.26. The van der Waals surface area contributed by atoms with Crippen LogP contribution in [0.4, 0.5) is 0 Å². The molecule has 0 radical (unpaired) electrons. The van der Waals surface area contributed by atoms with E-state index in [1.807, 2.05) is 0 Å². The standard InChI is InChI=1S/C18H30N2O3/c1-13(2)17-7-6-16(18(19-17)10-20(4)5)14(3)23-12-15-11-21-8-9-22-15/h6-7,13-15H,8-12H2,1-5H3. The smallest absolute Gasteiger partial charge is 0.104 e. The molecule has 0 N–H and O–H groups in total. The Kier molecular flexibility index (Phi) is 6.96. The monoisotopic (exact) mass is 322 g/mol. The van der Waals surface area contributed by atoms with Gasteiger partial charge in [-0.1, -0.05) is 19.9 Å². The average Bonchev–Trinajstić information content (AvgIpc) is 2.53. The molecule has 2 rings (SSSR count). The van der Waals surface area contributed by atoms with Gasteiger partial charge in [-0.3, -0.25) is 4.98 Å². The molecule has 23 heavy (non-hydrogen) atoms. The lowest BCUT2D eigenvalue weighted by Gasteiger charge is -2.25. The van der Waals surface area contributed by atoms with Gasteiger partial charge in [0.05, 0.1) is 38.2 Å². The Morgan fingerprint density at radius 1 is 1.26 bits per heavy atom. The molecule has 1 saturated heterocycles. The number of hydrogen-bond acceptors (Lipinski definition) is 5. The molecule has 5 heteroatoms. The fourth-order valence-electron chi connectivity index (χ4n) is 2.62. The first kappa shape index (κ1) is 18.3. The van der Waals surface area contributed by atoms with Crippen LogP contribution in [-0.2, 0) is 20.8 Å². The Hall–Kier alpha value is -1.01. The van der Waals surface area contributed by atoms with Crippen LogP contribution in [0.3, 0.4) is 0 Å². The molecule has 130 valence electrons. The number of rotatable bonds is 7. The van der Waals surface area contributed by atoms with Gasteiger partial charge < -0.3 is 19.1 Å². The van der Waals surface area contributed by atoms with Crippen molar-refractivity contribution in [3.05, 3.63) is 29.1 Å². The van der Waals surface area contributed by atoms with Crippen molar-refractivity contribution in [2.75, 3.05) is 40.5 Å². The summed E-state index contributed by atoms with van der Waals surface area (Å²) in [5.41, 5.74) is 3.37. The number of pyridine rings is 1. The van der Waals surface area contributed by atoms with Crippen LogP contribution in [0.2, 0.25) is 0 Å². The van der Waals surface area contributed by atoms with Crippen LogP contribution < -0.4 is 0 Å². The van der Waals surface area contributed by atoms with Gasteiger partial charge >= 0.3 is 0 Å². The number of ether oxygens (including phenoxy) is 3. The lowest BCUT2D eigenvalue weighted by molar-refractivity contribution is -0.123. The molecule has 1 aromatic heterocycles. The van der Waals surface area contributed by atoms with E-state index in [1.54, 1.807) is 0 Å². The fraction of sp³-hybridized carbons (Fsp3) is 0.722. The van der Waals surface area contributed by atoms with Crippen molar-refractivity contribution in [2.24, 2.45) is 0 Å². The van der Waals surface area contributed by atoms with Gasteiger partial charge in [-0.2, -0.15) is 0 Å². The highest BCUT2D eigenvalue weighted by Crippen LogP contribution is 2.24. The minimum atomic E-state index is -0.0100. The van der Waals surface area contributed by atoms with Crippen LogP contribution >= 0.6 is 0 Å². The maximum absolute atomic E-state index is 6.03. The molecule has 0 aliphatic carbocycles. The summed E-state index contributed by atoms with van der Waals surface area (Å²) in [4.78, 5) is 6.99. The topological polar surface area (TPSA) is 43.8 Å². The molecule has 1 aromatic rings. The van der Waals surface area contributed by atoms with E-state index in [2.05, 4.69) is 51.9 Å². The third-order valence-corrected chi connectivity index (χ3v) is 3.94. The van der Waals surface area contributed by atoms with E-state index in [0.29, 0.717) is 32.3 Å². The van der Waals surface area contributed by atoms with Gasteiger partial charge in [-0.05, 0) is 33.0 Å². The highest BCUT2D eigenvalue weighted by Gasteiger charge is 2.19. The zero-order chi connectivity index (χ0) is 16.8. The molecule has 2 atom stereocenters. The Bertz CT molecular complexity index is 485. The predicted molar refractivity (Wildman–Crippen MR) is 90.6 cm³/mol. The maximum atomic E-state index is 6.03. The molecule has 2 heterocycles. The average molecular weight is 322 g/mol. The van der Waals surface area contributed by atoms with Crippen molar-refractivity contribution in [1.29, 1.82) is 0 Å². The van der Waals surface area contributed by atoms with E-state index in [4.69, 9.17) is 19.2 Å². The first-order valence-electron chi connectivity index (χ1n) is 8.42. The zero-order valence-corrected chi connectivity index (χ0v) is 15.0. The summed E-state index contributed by atoms with van der Waals surface area (Å²) in [5, 5.41) is 0. The largest absolute Gasteiger partial charge is 0.376 e. The Balaban J connectivity index is 2.06. The van der Waals surface area contributed by atoms with Crippen LogP contribution in [0.5, 0.6) is 0 Å². The summed E-state index contributed by atoms with van der Waals surface area (Å²) in [5.74, 6) is 0.425. The lowest BCUT2D eigenvalue weighted by atomic mass is 10.0. The van der Waals surface area contributed by atoms with Crippen molar-refractivity contribution >= 4 is 0 Å². The molecule has 0 saturated carbocycles. The Morgan fingerprint density at radius 2 is 2.04 bits per heavy atom. The van der Waals surface area contributed by atoms with Crippen molar-refractivity contribution < 1.29 is 14.2 Å². The molecule has 1 fully saturated rings. The third-order valence-electron chi connectivity index (χ3n) is 3.94. The molecule has 5 nitrogen and oxygen atoms in total. The first-order valence-corrected chi connectivity index (χ1v) is 8.42. The van der Waals surface area contributed by atoms with E-state index in [1.165, 1.54) is 0 Å². The third kappa shape index (κ3) is 5.53. The zero-order valence-electron chi connectivity index (χ0n) is 15.0. The molecule has 2 unspecified atom stereocenters. The molecule has 0 amide bonds. The normalized spacial score (nSPS) is 20.2. The number of hydrogen-bond donors (Lipinski definition) is 0. The summed E-state index contributed by atoms with van der Waals surface area (Å²) in [6, 6.07) is 4.27. The van der Waals surface area contributed by atoms with E-state index >= 15 is 0 Å². The van der Waals surface area contributed by atoms with Gasteiger partial charge in [0, 0.05) is 17.8 Å². The summed E-state index contributed by atoms with van der Waals surface area (Å²) in [7, 11) is 4.12. The summed E-state index contributed by atoms with van der Waals surface area (Å²) in [6.07, 6.45) is 0.0237. The van der Waals surface area contributed by atoms with Gasteiger partial charge in [-0.15, -0.1) is 0 Å². The second-order valence-corrected chi connectivity index (χ2v) is 6.71. The minimum Gasteiger partial charge on any atom is -0.376 e. The molecule has 0 aromatic carbocycles. The molecule has 1 aliphatic heterocycles. The van der Waals surface area contributed by atoms with Crippen LogP contribution in [0.25, 0.3) is 0 Å². The van der Waals surface area contributed by atoms with Gasteiger partial charge in [0.25, 0.3) is 0 Å². The van der Waals surface area contributed by atoms with Gasteiger partial charge in [0.2, 0.25) is 0 Å². The SMILES string of the molecule is CC(C)c1ccc(C(C)OCC2COCCO2)c(CN(C)C)n1. The van der Waals surface area contributed by atoms with E-state index in [0.717, 1.165) is 23.5 Å². The van der Waals surface area contributed by atoms with E-state index in [9.17, 15) is 0 Å². The Morgan fingerprint density at radius 3 is 2.65 bits per heavy atom. The predicted octanol–water partition coefficient (Wildman–Crippen LogP) is 2.76. The lowest BCUT2D eigenvalue weighted by Crippen LogP contribution is -2.32. The van der Waals surface area contributed by atoms with Crippen LogP contribution in [0.15, 0.2) is 12.1 Å². The first-order chi connectivity index (χ1) is 11.0. The van der Waals surface area contributed by atoms with E-state index in [-0.39, 0.29) is 12.2 Å². The number of aromatic nitrogens is 1. The fourth-order valence-corrected chi connectivity index (χ4v) is 2.62. The quantitative estimate of drug-likeness (QED) is 0.772. The van der Waals surface area contributed by atoms with Crippen molar-refractivity contribution in [3.8, 4) is 0 Å². The van der Waals surface area contributed by atoms with Crippen molar-refractivity contribution in [1.82, 2.24) is 9.88 Å². The van der Waals surface area contributed by atoms with Crippen molar-refractivity contribution in [2.45, 2.75) is 45.4 Å². The summed E-state index contributed by atoms with van der Waals surface area (Å²) < 4.78 is 17.1. The molecule has 0 spiro atoms. The van der Waals surface area contributed by atoms with Crippen LogP contribution in [0.1, 0.15) is 49.7 Å². The second kappa shape index (κ2) is 8.73. The molecule has 0 bridgehead atoms. The second-order valence-electron chi connectivity index (χ2n) is 6.71. The number of nitrogens with zero attached hydrogens (tertiary/aromatic N) is 2. The summed E-state index contributed by atoms with van der Waals surface area (Å²) in [6.45, 7) is 9.72. The highest BCUT2D eigenvalue weighted by atomic mass is 16.6. The van der Waals surface area contributed by atoms with Gasteiger partial charge in [0.15, 0.2) is 0 Å². The van der Waals surface area contributed by atoms with Crippen molar-refractivity contribution in [3.63, 3.8) is 0 Å².